The highest BCUT2D eigenvalue weighted by molar-refractivity contribution is 6.30. The Morgan fingerprint density at radius 2 is 1.72 bits per heavy atom. The first kappa shape index (κ1) is 22.0. The zero-order valence-corrected chi connectivity index (χ0v) is 18.4. The van der Waals surface area contributed by atoms with Gasteiger partial charge in [0.25, 0.3) is 0 Å². The molecule has 0 aliphatic carbocycles. The molecule has 3 aromatic rings. The fourth-order valence-electron chi connectivity index (χ4n) is 4.00. The van der Waals surface area contributed by atoms with Crippen molar-refractivity contribution in [2.24, 2.45) is 5.92 Å². The summed E-state index contributed by atoms with van der Waals surface area (Å²) in [5, 5.41) is 10.9. The van der Waals surface area contributed by atoms with Gasteiger partial charge in [-0.1, -0.05) is 58.8 Å². The molecule has 1 N–H and O–H groups in total. The summed E-state index contributed by atoms with van der Waals surface area (Å²) in [6.45, 7) is 1.39. The van der Waals surface area contributed by atoms with Gasteiger partial charge in [-0.3, -0.25) is 4.57 Å². The van der Waals surface area contributed by atoms with Crippen LogP contribution in [-0.2, 0) is 13.0 Å². The minimum absolute atomic E-state index is 0.275. The van der Waals surface area contributed by atoms with Crippen molar-refractivity contribution in [3.63, 3.8) is 0 Å². The van der Waals surface area contributed by atoms with E-state index in [2.05, 4.69) is 0 Å². The van der Waals surface area contributed by atoms with Gasteiger partial charge < -0.3 is 14.8 Å². The first-order chi connectivity index (χ1) is 15.5. The maximum absolute atomic E-state index is 12.6. The molecule has 0 saturated carbocycles. The minimum atomic E-state index is -0.629. The van der Waals surface area contributed by atoms with Crippen LogP contribution in [0.3, 0.4) is 0 Å². The maximum atomic E-state index is 12.6. The Kier molecular flexibility index (Phi) is 6.85. The third kappa shape index (κ3) is 5.34. The van der Waals surface area contributed by atoms with Crippen molar-refractivity contribution in [3.8, 4) is 5.88 Å². The zero-order valence-electron chi connectivity index (χ0n) is 17.7. The summed E-state index contributed by atoms with van der Waals surface area (Å²) >= 11 is 5.93. The van der Waals surface area contributed by atoms with Crippen molar-refractivity contribution in [2.45, 2.75) is 32.2 Å². The van der Waals surface area contributed by atoms with E-state index in [9.17, 15) is 14.7 Å². The Hall–Kier alpha value is -3.19. The van der Waals surface area contributed by atoms with E-state index in [1.165, 1.54) is 16.3 Å². The molecule has 7 nitrogen and oxygen atoms in total. The molecule has 0 spiro atoms. The lowest BCUT2D eigenvalue weighted by Gasteiger charge is -2.31. The second kappa shape index (κ2) is 9.96. The Labute approximate surface area is 191 Å². The van der Waals surface area contributed by atoms with E-state index < -0.39 is 17.7 Å². The molecule has 168 valence electrons. The van der Waals surface area contributed by atoms with Gasteiger partial charge in [0.2, 0.25) is 5.88 Å². The molecule has 2 aromatic carbocycles. The summed E-state index contributed by atoms with van der Waals surface area (Å²) in [5.41, 5.74) is 1.56. The predicted octanol–water partition coefficient (Wildman–Crippen LogP) is 3.95. The molecule has 1 amide bonds. The van der Waals surface area contributed by atoms with Crippen LogP contribution in [0.5, 0.6) is 5.88 Å². The average Bonchev–Trinajstić information content (AvgIpc) is 3.07. The fourth-order valence-corrected chi connectivity index (χ4v) is 4.13. The van der Waals surface area contributed by atoms with E-state index in [4.69, 9.17) is 16.4 Å². The molecular weight excluding hydrogens is 430 g/mol. The first-order valence-electron chi connectivity index (χ1n) is 10.8. The molecule has 32 heavy (non-hydrogen) atoms. The topological polar surface area (TPSA) is 76.7 Å². The van der Waals surface area contributed by atoms with Crippen LogP contribution in [0.4, 0.5) is 4.79 Å². The Morgan fingerprint density at radius 3 is 2.41 bits per heavy atom. The highest BCUT2D eigenvalue weighted by atomic mass is 35.5. The average molecular weight is 456 g/mol. The van der Waals surface area contributed by atoms with Crippen molar-refractivity contribution < 1.29 is 14.7 Å². The number of likely N-dealkylation sites (tertiary alicyclic amines) is 1. The summed E-state index contributed by atoms with van der Waals surface area (Å²) in [7, 11) is 0. The molecule has 0 atom stereocenters. The van der Waals surface area contributed by atoms with Gasteiger partial charge in [0.05, 0.1) is 12.7 Å². The van der Waals surface area contributed by atoms with Crippen LogP contribution >= 0.6 is 11.6 Å². The van der Waals surface area contributed by atoms with Crippen LogP contribution in [0.1, 0.15) is 30.4 Å². The Morgan fingerprint density at radius 1 is 1.03 bits per heavy atom. The number of piperidine rings is 1. The number of imidazole rings is 1. The number of aromatic hydroxyl groups is 1. The lowest BCUT2D eigenvalue weighted by Crippen LogP contribution is -2.44. The molecular formula is C24H26ClN3O4. The van der Waals surface area contributed by atoms with E-state index >= 15 is 0 Å². The van der Waals surface area contributed by atoms with E-state index in [0.29, 0.717) is 23.7 Å². The molecule has 4 rings (SSSR count). The molecule has 1 aromatic heterocycles. The molecule has 1 aliphatic rings. The fraction of sp³-hybridized carbons (Fsp3) is 0.333. The normalized spacial score (nSPS) is 14.5. The molecule has 0 radical (unpaired) electrons. The standard InChI is InChI=1S/C24H26ClN3O4/c25-21-10-8-18(9-11-21)6-7-19-12-14-26(15-13-19)24(31)32-28-22(29)17-27(23(28)30)16-20-4-2-1-3-5-20/h1-5,8-11,17,19,29H,6-7,12-16H2. The number of nitrogens with zero attached hydrogens (tertiary/aromatic N) is 3. The smallest absolute Gasteiger partial charge is 0.434 e. The largest absolute Gasteiger partial charge is 0.491 e. The number of rotatable bonds is 6. The van der Waals surface area contributed by atoms with Gasteiger partial charge in [-0.2, -0.15) is 0 Å². The summed E-state index contributed by atoms with van der Waals surface area (Å²) < 4.78 is 1.96. The Balaban J connectivity index is 1.29. The summed E-state index contributed by atoms with van der Waals surface area (Å²) in [6, 6.07) is 17.3. The second-order valence-corrected chi connectivity index (χ2v) is 8.57. The molecule has 1 fully saturated rings. The molecule has 0 unspecified atom stereocenters. The summed E-state index contributed by atoms with van der Waals surface area (Å²) in [6.07, 6.45) is 4.41. The Bertz CT molecular complexity index is 1100. The molecule has 1 aliphatic heterocycles. The number of amides is 1. The third-order valence-electron chi connectivity index (χ3n) is 5.89. The number of hydrogen-bond donors (Lipinski definition) is 1. The van der Waals surface area contributed by atoms with Crippen molar-refractivity contribution in [2.75, 3.05) is 13.1 Å². The van der Waals surface area contributed by atoms with Crippen molar-refractivity contribution in [3.05, 3.63) is 87.4 Å². The van der Waals surface area contributed by atoms with E-state index in [1.807, 2.05) is 54.6 Å². The number of halogens is 1. The lowest BCUT2D eigenvalue weighted by atomic mass is 9.91. The number of aryl methyl sites for hydroxylation is 1. The molecule has 0 bridgehead atoms. The van der Waals surface area contributed by atoms with Crippen molar-refractivity contribution in [1.29, 1.82) is 0 Å². The van der Waals surface area contributed by atoms with Gasteiger partial charge in [-0.05, 0) is 54.9 Å². The van der Waals surface area contributed by atoms with Gasteiger partial charge in [-0.25, -0.2) is 9.59 Å². The van der Waals surface area contributed by atoms with Crippen molar-refractivity contribution >= 4 is 17.7 Å². The zero-order chi connectivity index (χ0) is 22.5. The highest BCUT2D eigenvalue weighted by Gasteiger charge is 2.26. The van der Waals surface area contributed by atoms with Gasteiger partial charge in [0.1, 0.15) is 0 Å². The first-order valence-corrected chi connectivity index (χ1v) is 11.1. The van der Waals surface area contributed by atoms with Gasteiger partial charge in [0, 0.05) is 18.1 Å². The maximum Gasteiger partial charge on any atom is 0.434 e. The lowest BCUT2D eigenvalue weighted by molar-refractivity contribution is 0.0674. The van der Waals surface area contributed by atoms with Gasteiger partial charge >= 0.3 is 11.8 Å². The van der Waals surface area contributed by atoms with E-state index in [0.717, 1.165) is 36.3 Å². The summed E-state index contributed by atoms with van der Waals surface area (Å²) in [4.78, 5) is 31.9. The van der Waals surface area contributed by atoms with Gasteiger partial charge in [-0.15, -0.1) is 0 Å². The van der Waals surface area contributed by atoms with Gasteiger partial charge in [0.15, 0.2) is 0 Å². The summed E-state index contributed by atoms with van der Waals surface area (Å²) in [5.74, 6) is 0.120. The van der Waals surface area contributed by atoms with Crippen LogP contribution < -0.4 is 10.5 Å². The number of aromatic nitrogens is 2. The predicted molar refractivity (Wildman–Crippen MR) is 122 cm³/mol. The van der Waals surface area contributed by atoms with Crippen LogP contribution in [0.2, 0.25) is 5.02 Å². The van der Waals surface area contributed by atoms with E-state index in [1.54, 1.807) is 4.90 Å². The van der Waals surface area contributed by atoms with E-state index in [-0.39, 0.29) is 6.54 Å². The second-order valence-electron chi connectivity index (χ2n) is 8.13. The van der Waals surface area contributed by atoms with Crippen LogP contribution in [0, 0.1) is 5.92 Å². The third-order valence-corrected chi connectivity index (χ3v) is 6.14. The number of hydrogen-bond acceptors (Lipinski definition) is 4. The monoisotopic (exact) mass is 455 g/mol. The quantitative estimate of drug-likeness (QED) is 0.610. The number of benzene rings is 2. The number of carbonyl (C=O) groups excluding carboxylic acids is 1. The van der Waals surface area contributed by atoms with Crippen LogP contribution in [0.25, 0.3) is 0 Å². The van der Waals surface area contributed by atoms with Crippen LogP contribution in [-0.4, -0.2) is 38.5 Å². The van der Waals surface area contributed by atoms with Crippen molar-refractivity contribution in [1.82, 2.24) is 14.2 Å². The molecule has 8 heteroatoms. The SMILES string of the molecule is O=C(On1c(O)cn(Cc2ccccc2)c1=O)N1CCC(CCc2ccc(Cl)cc2)CC1. The highest BCUT2D eigenvalue weighted by Crippen LogP contribution is 2.23. The molecule has 1 saturated heterocycles. The minimum Gasteiger partial charge on any atom is -0.491 e. The number of carbonyl (C=O) groups is 1. The molecule has 2 heterocycles. The van der Waals surface area contributed by atoms with Crippen LogP contribution in [0.15, 0.2) is 65.6 Å².